The van der Waals surface area contributed by atoms with E-state index in [4.69, 9.17) is 4.42 Å². The van der Waals surface area contributed by atoms with Gasteiger partial charge >= 0.3 is 0 Å². The molecule has 0 atom stereocenters. The molecule has 0 spiro atoms. The van der Waals surface area contributed by atoms with Crippen LogP contribution in [-0.4, -0.2) is 27.9 Å². The number of imidazole rings is 1. The Balaban J connectivity index is 1.74. The molecule has 3 rings (SSSR count). The Kier molecular flexibility index (Phi) is 5.75. The van der Waals surface area contributed by atoms with E-state index < -0.39 is 0 Å². The molecule has 26 heavy (non-hydrogen) atoms. The van der Waals surface area contributed by atoms with Crippen LogP contribution >= 0.6 is 0 Å². The Hall–Kier alpha value is -2.57. The van der Waals surface area contributed by atoms with Crippen molar-refractivity contribution >= 4 is 11.8 Å². The number of hydrogen-bond donors (Lipinski definition) is 2. The minimum Gasteiger partial charge on any atom is -0.467 e. The second-order valence-corrected chi connectivity index (χ2v) is 7.04. The lowest BCUT2D eigenvalue weighted by molar-refractivity contribution is 0.0936. The third-order valence-electron chi connectivity index (χ3n) is 4.55. The lowest BCUT2D eigenvalue weighted by Crippen LogP contribution is -2.29. The highest BCUT2D eigenvalue weighted by Crippen LogP contribution is 2.21. The molecule has 0 unspecified atom stereocenters. The number of carbonyl (C=O) groups is 2. The highest BCUT2D eigenvalue weighted by atomic mass is 16.3. The number of hydrogen-bond acceptors (Lipinski definition) is 4. The molecule has 2 aromatic rings. The SMILES string of the molecule is CC(C)CCNC(=O)c1nc(C(=O)NCc2ccco2)c2n1CCCC2. The Morgan fingerprint density at radius 1 is 1.27 bits per heavy atom. The molecule has 2 amide bonds. The van der Waals surface area contributed by atoms with Crippen molar-refractivity contribution in [3.05, 3.63) is 41.4 Å². The first-order chi connectivity index (χ1) is 12.6. The summed E-state index contributed by atoms with van der Waals surface area (Å²) in [7, 11) is 0. The van der Waals surface area contributed by atoms with Crippen LogP contribution in [0.5, 0.6) is 0 Å². The monoisotopic (exact) mass is 358 g/mol. The molecule has 1 aliphatic heterocycles. The fourth-order valence-corrected chi connectivity index (χ4v) is 3.12. The van der Waals surface area contributed by atoms with E-state index in [0.29, 0.717) is 36.3 Å². The van der Waals surface area contributed by atoms with Crippen molar-refractivity contribution in [3.63, 3.8) is 0 Å². The maximum atomic E-state index is 12.6. The molecule has 2 aromatic heterocycles. The fraction of sp³-hybridized carbons (Fsp3) is 0.526. The minimum atomic E-state index is -0.270. The predicted molar refractivity (Wildman–Crippen MR) is 96.8 cm³/mol. The largest absolute Gasteiger partial charge is 0.467 e. The van der Waals surface area contributed by atoms with Crippen molar-refractivity contribution in [2.75, 3.05) is 6.54 Å². The summed E-state index contributed by atoms with van der Waals surface area (Å²) in [5.41, 5.74) is 1.20. The smallest absolute Gasteiger partial charge is 0.287 e. The van der Waals surface area contributed by atoms with Gasteiger partial charge in [-0.25, -0.2) is 4.98 Å². The predicted octanol–water partition coefficient (Wildman–Crippen LogP) is 2.52. The summed E-state index contributed by atoms with van der Waals surface area (Å²) in [4.78, 5) is 29.5. The van der Waals surface area contributed by atoms with Crippen LogP contribution in [0.25, 0.3) is 0 Å². The van der Waals surface area contributed by atoms with Crippen molar-refractivity contribution in [1.29, 1.82) is 0 Å². The van der Waals surface area contributed by atoms with Crippen LogP contribution < -0.4 is 10.6 Å². The van der Waals surface area contributed by atoms with Gasteiger partial charge in [-0.05, 0) is 43.7 Å². The average molecular weight is 358 g/mol. The number of furan rings is 1. The van der Waals surface area contributed by atoms with Gasteiger partial charge in [-0.15, -0.1) is 0 Å². The molecule has 0 radical (unpaired) electrons. The van der Waals surface area contributed by atoms with Crippen LogP contribution in [0.3, 0.4) is 0 Å². The lowest BCUT2D eigenvalue weighted by atomic mass is 10.1. The van der Waals surface area contributed by atoms with Crippen molar-refractivity contribution in [2.45, 2.75) is 52.6 Å². The number of fused-ring (bicyclic) bond motifs is 1. The Morgan fingerprint density at radius 2 is 2.12 bits per heavy atom. The number of aromatic nitrogens is 2. The molecule has 0 saturated heterocycles. The van der Waals surface area contributed by atoms with Gasteiger partial charge in [0.05, 0.1) is 18.5 Å². The lowest BCUT2D eigenvalue weighted by Gasteiger charge is -2.17. The van der Waals surface area contributed by atoms with Gasteiger partial charge < -0.3 is 19.6 Å². The number of nitrogens with zero attached hydrogens (tertiary/aromatic N) is 2. The zero-order valence-electron chi connectivity index (χ0n) is 15.4. The second-order valence-electron chi connectivity index (χ2n) is 7.04. The van der Waals surface area contributed by atoms with Gasteiger partial charge in [0.2, 0.25) is 0 Å². The summed E-state index contributed by atoms with van der Waals surface area (Å²) in [6.45, 7) is 5.86. The molecule has 0 fully saturated rings. The standard InChI is InChI=1S/C19H26N4O3/c1-13(2)8-9-20-19(25)17-22-16(15-7-3-4-10-23(15)17)18(24)21-12-14-6-5-11-26-14/h5-6,11,13H,3-4,7-10,12H2,1-2H3,(H,20,25)(H,21,24). The van der Waals surface area contributed by atoms with Crippen LogP contribution in [0, 0.1) is 5.92 Å². The quantitative estimate of drug-likeness (QED) is 0.796. The van der Waals surface area contributed by atoms with Gasteiger partial charge in [0, 0.05) is 13.1 Å². The van der Waals surface area contributed by atoms with Crippen molar-refractivity contribution < 1.29 is 14.0 Å². The van der Waals surface area contributed by atoms with E-state index in [1.54, 1.807) is 18.4 Å². The third kappa shape index (κ3) is 4.15. The summed E-state index contributed by atoms with van der Waals surface area (Å²) in [6.07, 6.45) is 5.23. The molecule has 7 heteroatoms. The molecule has 0 aromatic carbocycles. The second kappa shape index (κ2) is 8.21. The number of amides is 2. The topological polar surface area (TPSA) is 89.2 Å². The summed E-state index contributed by atoms with van der Waals surface area (Å²) < 4.78 is 7.13. The van der Waals surface area contributed by atoms with Gasteiger partial charge in [-0.2, -0.15) is 0 Å². The molecular formula is C19H26N4O3. The first-order valence-electron chi connectivity index (χ1n) is 9.24. The maximum Gasteiger partial charge on any atom is 0.287 e. The van der Waals surface area contributed by atoms with Crippen molar-refractivity contribution in [3.8, 4) is 0 Å². The Morgan fingerprint density at radius 3 is 2.85 bits per heavy atom. The average Bonchev–Trinajstić information content (AvgIpc) is 3.27. The van der Waals surface area contributed by atoms with Crippen LogP contribution in [0.4, 0.5) is 0 Å². The molecule has 140 valence electrons. The molecule has 0 saturated carbocycles. The van der Waals surface area contributed by atoms with Crippen LogP contribution in [-0.2, 0) is 19.5 Å². The molecule has 0 aliphatic carbocycles. The number of carbonyl (C=O) groups excluding carboxylic acids is 2. The van der Waals surface area contributed by atoms with Crippen molar-refractivity contribution in [2.24, 2.45) is 5.92 Å². The van der Waals surface area contributed by atoms with Gasteiger partial charge in [-0.1, -0.05) is 13.8 Å². The molecular weight excluding hydrogens is 332 g/mol. The van der Waals surface area contributed by atoms with Crippen LogP contribution in [0.2, 0.25) is 0 Å². The first kappa shape index (κ1) is 18.2. The molecule has 3 heterocycles. The summed E-state index contributed by atoms with van der Waals surface area (Å²) in [5, 5.41) is 5.74. The zero-order chi connectivity index (χ0) is 18.5. The third-order valence-corrected chi connectivity index (χ3v) is 4.55. The van der Waals surface area contributed by atoms with E-state index in [2.05, 4.69) is 29.5 Å². The zero-order valence-corrected chi connectivity index (χ0v) is 15.4. The van der Waals surface area contributed by atoms with Gasteiger partial charge in [0.1, 0.15) is 11.5 Å². The van der Waals surface area contributed by atoms with E-state index in [0.717, 1.165) is 37.9 Å². The minimum absolute atomic E-state index is 0.209. The first-order valence-corrected chi connectivity index (χ1v) is 9.24. The number of rotatable bonds is 7. The molecule has 7 nitrogen and oxygen atoms in total. The molecule has 1 aliphatic rings. The highest BCUT2D eigenvalue weighted by molar-refractivity contribution is 5.97. The van der Waals surface area contributed by atoms with Crippen LogP contribution in [0.1, 0.15) is 65.7 Å². The van der Waals surface area contributed by atoms with Gasteiger partial charge in [-0.3, -0.25) is 9.59 Å². The van der Waals surface area contributed by atoms with E-state index >= 15 is 0 Å². The highest BCUT2D eigenvalue weighted by Gasteiger charge is 2.27. The van der Waals surface area contributed by atoms with Gasteiger partial charge in [0.15, 0.2) is 5.82 Å². The van der Waals surface area contributed by atoms with E-state index in [1.807, 2.05) is 4.57 Å². The summed E-state index contributed by atoms with van der Waals surface area (Å²) in [6, 6.07) is 3.58. The molecule has 2 N–H and O–H groups in total. The van der Waals surface area contributed by atoms with Crippen LogP contribution in [0.15, 0.2) is 22.8 Å². The van der Waals surface area contributed by atoms with E-state index in [-0.39, 0.29) is 11.8 Å². The molecule has 0 bridgehead atoms. The maximum absolute atomic E-state index is 12.6. The fourth-order valence-electron chi connectivity index (χ4n) is 3.12. The number of nitrogens with one attached hydrogen (secondary N) is 2. The van der Waals surface area contributed by atoms with Crippen molar-refractivity contribution in [1.82, 2.24) is 20.2 Å². The normalized spacial score (nSPS) is 13.5. The summed E-state index contributed by atoms with van der Waals surface area (Å²) in [5.74, 6) is 1.06. The van der Waals surface area contributed by atoms with Gasteiger partial charge in [0.25, 0.3) is 11.8 Å². The summed E-state index contributed by atoms with van der Waals surface area (Å²) >= 11 is 0. The van der Waals surface area contributed by atoms with E-state index in [9.17, 15) is 9.59 Å². The Labute approximate surface area is 153 Å². The Bertz CT molecular complexity index is 762. The van der Waals surface area contributed by atoms with E-state index in [1.165, 1.54) is 0 Å².